The molecule has 0 bridgehead atoms. The Bertz CT molecular complexity index is 1050. The van der Waals surface area contributed by atoms with E-state index in [2.05, 4.69) is 22.3 Å². The van der Waals surface area contributed by atoms with Gasteiger partial charge in [-0.15, -0.1) is 0 Å². The van der Waals surface area contributed by atoms with Crippen LogP contribution in [0, 0.1) is 5.92 Å². The summed E-state index contributed by atoms with van der Waals surface area (Å²) in [6.07, 6.45) is 5.20. The van der Waals surface area contributed by atoms with Gasteiger partial charge in [-0.1, -0.05) is 42.3 Å². The van der Waals surface area contributed by atoms with E-state index in [-0.39, 0.29) is 23.3 Å². The summed E-state index contributed by atoms with van der Waals surface area (Å²) in [4.78, 5) is 15.6. The van der Waals surface area contributed by atoms with Crippen LogP contribution in [-0.2, 0) is 27.9 Å². The fraction of sp³-hybridized carbons (Fsp3) is 0.480. The molecule has 2 saturated heterocycles. The Kier molecular flexibility index (Phi) is 8.07. The van der Waals surface area contributed by atoms with E-state index in [0.29, 0.717) is 31.0 Å². The summed E-state index contributed by atoms with van der Waals surface area (Å²) in [7, 11) is -3.64. The smallest absolute Gasteiger partial charge is 0.243 e. The lowest BCUT2D eigenvalue weighted by Gasteiger charge is -2.31. The number of halogens is 1. The molecule has 2 fully saturated rings. The Morgan fingerprint density at radius 1 is 0.970 bits per heavy atom. The molecule has 2 aliphatic rings. The molecule has 0 aromatic heterocycles. The molecule has 33 heavy (non-hydrogen) atoms. The first-order chi connectivity index (χ1) is 15.9. The zero-order chi connectivity index (χ0) is 23.3. The van der Waals surface area contributed by atoms with Gasteiger partial charge in [0.25, 0.3) is 0 Å². The highest BCUT2D eigenvalue weighted by Gasteiger charge is 2.33. The summed E-state index contributed by atoms with van der Waals surface area (Å²) in [5, 5.41) is 3.52. The predicted octanol–water partition coefficient (Wildman–Crippen LogP) is 4.04. The molecule has 1 amide bonds. The normalized spacial score (nSPS) is 20.5. The van der Waals surface area contributed by atoms with Gasteiger partial charge in [-0.2, -0.15) is 4.31 Å². The Morgan fingerprint density at radius 3 is 2.45 bits per heavy atom. The van der Waals surface area contributed by atoms with E-state index in [4.69, 9.17) is 11.6 Å². The number of rotatable bonds is 7. The summed E-state index contributed by atoms with van der Waals surface area (Å²) in [5.41, 5.74) is 2.33. The van der Waals surface area contributed by atoms with Crippen LogP contribution in [0.3, 0.4) is 0 Å². The molecule has 2 aliphatic heterocycles. The summed E-state index contributed by atoms with van der Waals surface area (Å²) in [6, 6.07) is 14.5. The molecule has 1 atom stereocenters. The molecule has 1 N–H and O–H groups in total. The third kappa shape index (κ3) is 6.35. The first-order valence-corrected chi connectivity index (χ1v) is 13.6. The third-order valence-electron chi connectivity index (χ3n) is 6.52. The minimum Gasteiger partial charge on any atom is -0.352 e. The quantitative estimate of drug-likeness (QED) is 0.637. The fourth-order valence-corrected chi connectivity index (χ4v) is 6.33. The Morgan fingerprint density at radius 2 is 1.70 bits per heavy atom. The molecule has 2 aromatic carbocycles. The molecule has 2 aromatic rings. The van der Waals surface area contributed by atoms with Crippen molar-refractivity contribution in [3.05, 3.63) is 64.7 Å². The number of hydrogen-bond acceptors (Lipinski definition) is 4. The lowest BCUT2D eigenvalue weighted by Crippen LogP contribution is -2.45. The van der Waals surface area contributed by atoms with Crippen molar-refractivity contribution in [3.63, 3.8) is 0 Å². The molecule has 178 valence electrons. The average molecular weight is 490 g/mol. The zero-order valence-corrected chi connectivity index (χ0v) is 20.5. The number of nitrogens with one attached hydrogen (secondary N) is 1. The maximum atomic E-state index is 13.0. The topological polar surface area (TPSA) is 69.7 Å². The second kappa shape index (κ2) is 11.0. The number of sulfonamides is 1. The first kappa shape index (κ1) is 24.2. The summed E-state index contributed by atoms with van der Waals surface area (Å²) >= 11 is 5.89. The van der Waals surface area contributed by atoms with Crippen molar-refractivity contribution in [1.82, 2.24) is 14.5 Å². The highest BCUT2D eigenvalue weighted by atomic mass is 35.5. The van der Waals surface area contributed by atoms with E-state index in [1.807, 2.05) is 12.1 Å². The van der Waals surface area contributed by atoms with Crippen LogP contribution in [0.15, 0.2) is 53.4 Å². The van der Waals surface area contributed by atoms with Gasteiger partial charge in [0, 0.05) is 31.2 Å². The van der Waals surface area contributed by atoms with Crippen LogP contribution in [0.4, 0.5) is 0 Å². The number of amides is 1. The standard InChI is InChI=1S/C25H32ClN3O3S/c26-23-9-11-24(12-10-23)33(31,32)29-15-5-8-22(19-29)25(30)27-17-20-6-4-7-21(16-20)18-28-13-2-1-3-14-28/h4,6-7,9-12,16,22H,1-3,5,8,13-15,17-19H2,(H,27,30). The fourth-order valence-electron chi connectivity index (χ4n) is 4.68. The van der Waals surface area contributed by atoms with Crippen LogP contribution < -0.4 is 5.32 Å². The van der Waals surface area contributed by atoms with Gasteiger partial charge in [-0.25, -0.2) is 8.42 Å². The van der Waals surface area contributed by atoms with Gasteiger partial charge in [0.1, 0.15) is 0 Å². The number of benzene rings is 2. The van der Waals surface area contributed by atoms with E-state index >= 15 is 0 Å². The summed E-state index contributed by atoms with van der Waals surface area (Å²) in [5.74, 6) is -0.440. The number of nitrogens with zero attached hydrogens (tertiary/aromatic N) is 2. The van der Waals surface area contributed by atoms with Gasteiger partial charge in [0.2, 0.25) is 15.9 Å². The minimum atomic E-state index is -3.64. The summed E-state index contributed by atoms with van der Waals surface area (Å²) in [6.45, 7) is 4.32. The lowest BCUT2D eigenvalue weighted by atomic mass is 9.98. The van der Waals surface area contributed by atoms with Crippen LogP contribution in [0.1, 0.15) is 43.2 Å². The lowest BCUT2D eigenvalue weighted by molar-refractivity contribution is -0.126. The molecule has 6 nitrogen and oxygen atoms in total. The van der Waals surface area contributed by atoms with Gasteiger partial charge in [-0.3, -0.25) is 9.69 Å². The number of likely N-dealkylation sites (tertiary alicyclic amines) is 1. The molecule has 4 rings (SSSR count). The number of hydrogen-bond donors (Lipinski definition) is 1. The van der Waals surface area contributed by atoms with E-state index in [9.17, 15) is 13.2 Å². The van der Waals surface area contributed by atoms with Crippen LogP contribution in [0.25, 0.3) is 0 Å². The van der Waals surface area contributed by atoms with Gasteiger partial charge in [-0.05, 0) is 74.2 Å². The van der Waals surface area contributed by atoms with Crippen LogP contribution in [0.2, 0.25) is 5.02 Å². The van der Waals surface area contributed by atoms with Gasteiger partial charge >= 0.3 is 0 Å². The predicted molar refractivity (Wildman–Crippen MR) is 130 cm³/mol. The molecular formula is C25H32ClN3O3S. The van der Waals surface area contributed by atoms with Crippen molar-refractivity contribution in [2.24, 2.45) is 5.92 Å². The monoisotopic (exact) mass is 489 g/mol. The summed E-state index contributed by atoms with van der Waals surface area (Å²) < 4.78 is 27.4. The number of carbonyl (C=O) groups excluding carboxylic acids is 1. The van der Waals surface area contributed by atoms with E-state index in [0.717, 1.165) is 25.2 Å². The highest BCUT2D eigenvalue weighted by molar-refractivity contribution is 7.89. The SMILES string of the molecule is O=C(NCc1cccc(CN2CCCCC2)c1)C1CCCN(S(=O)(=O)c2ccc(Cl)cc2)C1. The Labute approximate surface area is 202 Å². The van der Waals surface area contributed by atoms with Crippen molar-refractivity contribution in [2.45, 2.75) is 50.1 Å². The van der Waals surface area contributed by atoms with Crippen molar-refractivity contribution in [1.29, 1.82) is 0 Å². The van der Waals surface area contributed by atoms with E-state index < -0.39 is 10.0 Å². The minimum absolute atomic E-state index is 0.0903. The van der Waals surface area contributed by atoms with Crippen LogP contribution >= 0.6 is 11.6 Å². The van der Waals surface area contributed by atoms with Crippen molar-refractivity contribution < 1.29 is 13.2 Å². The molecule has 1 unspecified atom stereocenters. The van der Waals surface area contributed by atoms with Crippen LogP contribution in [0.5, 0.6) is 0 Å². The number of carbonyl (C=O) groups is 1. The molecule has 0 aliphatic carbocycles. The van der Waals surface area contributed by atoms with Crippen molar-refractivity contribution >= 4 is 27.5 Å². The van der Waals surface area contributed by atoms with E-state index in [1.165, 1.54) is 41.3 Å². The molecule has 2 heterocycles. The second-order valence-electron chi connectivity index (χ2n) is 9.03. The van der Waals surface area contributed by atoms with Crippen LogP contribution in [-0.4, -0.2) is 49.7 Å². The third-order valence-corrected chi connectivity index (χ3v) is 8.65. The molecular weight excluding hydrogens is 458 g/mol. The second-order valence-corrected chi connectivity index (χ2v) is 11.4. The first-order valence-electron chi connectivity index (χ1n) is 11.8. The Hall–Kier alpha value is -1.93. The molecule has 0 spiro atoms. The van der Waals surface area contributed by atoms with Crippen molar-refractivity contribution in [2.75, 3.05) is 26.2 Å². The molecule has 0 saturated carbocycles. The van der Waals surface area contributed by atoms with Crippen molar-refractivity contribution in [3.8, 4) is 0 Å². The zero-order valence-electron chi connectivity index (χ0n) is 18.9. The largest absolute Gasteiger partial charge is 0.352 e. The van der Waals surface area contributed by atoms with Gasteiger partial charge in [0.05, 0.1) is 10.8 Å². The average Bonchev–Trinajstić information content (AvgIpc) is 2.84. The molecule has 8 heteroatoms. The van der Waals surface area contributed by atoms with Gasteiger partial charge in [0.15, 0.2) is 0 Å². The maximum absolute atomic E-state index is 13.0. The maximum Gasteiger partial charge on any atom is 0.243 e. The molecule has 0 radical (unpaired) electrons. The Balaban J connectivity index is 1.33. The number of piperidine rings is 2. The highest BCUT2D eigenvalue weighted by Crippen LogP contribution is 2.25. The van der Waals surface area contributed by atoms with E-state index in [1.54, 1.807) is 12.1 Å². The van der Waals surface area contributed by atoms with Gasteiger partial charge < -0.3 is 5.32 Å².